The molecule has 1 atom stereocenters. The number of benzene rings is 1. The van der Waals surface area contributed by atoms with Crippen molar-refractivity contribution in [3.8, 4) is 6.07 Å². The second-order valence-corrected chi connectivity index (χ2v) is 7.56. The molecule has 0 aliphatic rings. The Kier molecular flexibility index (Phi) is 7.44. The van der Waals surface area contributed by atoms with E-state index in [4.69, 9.17) is 21.6 Å². The van der Waals surface area contributed by atoms with Crippen molar-refractivity contribution in [3.63, 3.8) is 0 Å². The van der Waals surface area contributed by atoms with E-state index in [1.807, 2.05) is 18.2 Å². The molecule has 5 nitrogen and oxygen atoms in total. The molecule has 0 spiro atoms. The number of thiazole rings is 1. The summed E-state index contributed by atoms with van der Waals surface area (Å²) in [6, 6.07) is 9.22. The Bertz CT molecular complexity index is 784. The highest BCUT2D eigenvalue weighted by molar-refractivity contribution is 7.99. The van der Waals surface area contributed by atoms with Crippen LogP contribution in [0.5, 0.6) is 0 Å². The summed E-state index contributed by atoms with van der Waals surface area (Å²) in [5, 5.41) is 12.0. The summed E-state index contributed by atoms with van der Waals surface area (Å²) in [7, 11) is 0. The fourth-order valence-corrected chi connectivity index (χ4v) is 3.68. The molecule has 0 radical (unpaired) electrons. The van der Waals surface area contributed by atoms with Crippen LogP contribution in [0.15, 0.2) is 34.5 Å². The lowest BCUT2D eigenvalue weighted by Crippen LogP contribution is -2.20. The number of Topliss-reactive ketones (excluding diaryl/α,β-unsaturated/α-hetero) is 1. The van der Waals surface area contributed by atoms with Crippen LogP contribution in [0.25, 0.3) is 0 Å². The minimum atomic E-state index is -0.991. The van der Waals surface area contributed by atoms with Gasteiger partial charge >= 0.3 is 5.97 Å². The number of rotatable bonds is 8. The van der Waals surface area contributed by atoms with Gasteiger partial charge in [0.05, 0.1) is 12.5 Å². The highest BCUT2D eigenvalue weighted by atomic mass is 35.5. The molecule has 2 rings (SSSR count). The number of nitrogens with zero attached hydrogens (tertiary/aromatic N) is 2. The van der Waals surface area contributed by atoms with Crippen molar-refractivity contribution in [3.05, 3.63) is 45.4 Å². The van der Waals surface area contributed by atoms with Gasteiger partial charge in [-0.15, -0.1) is 23.1 Å². The van der Waals surface area contributed by atoms with E-state index in [1.54, 1.807) is 24.4 Å². The van der Waals surface area contributed by atoms with Crippen LogP contribution in [-0.4, -0.2) is 29.1 Å². The smallest absolute Gasteiger partial charge is 0.307 e. The van der Waals surface area contributed by atoms with Crippen LogP contribution in [0, 0.1) is 18.3 Å². The SMILES string of the molecule is Cc1csc([C@@H](C#N)C(=O)COC(=O)CCSc2ccc(Cl)cc2)n1. The van der Waals surface area contributed by atoms with E-state index in [9.17, 15) is 9.59 Å². The van der Waals surface area contributed by atoms with Gasteiger partial charge in [0.2, 0.25) is 0 Å². The number of nitriles is 1. The van der Waals surface area contributed by atoms with Gasteiger partial charge in [-0.2, -0.15) is 5.26 Å². The highest BCUT2D eigenvalue weighted by Gasteiger charge is 2.24. The zero-order chi connectivity index (χ0) is 18.2. The van der Waals surface area contributed by atoms with Gasteiger partial charge in [0, 0.05) is 26.7 Å². The highest BCUT2D eigenvalue weighted by Crippen LogP contribution is 2.22. The molecule has 0 aliphatic carbocycles. The molecule has 0 bridgehead atoms. The third-order valence-electron chi connectivity index (χ3n) is 3.10. The number of hydrogen-bond acceptors (Lipinski definition) is 7. The standard InChI is InChI=1S/C17H15ClN2O3S2/c1-11-10-25-17(20-11)14(8-19)15(21)9-23-16(22)6-7-24-13-4-2-12(18)3-5-13/h2-5,10,14H,6-7,9H2,1H3/t14-/m0/s1. The summed E-state index contributed by atoms with van der Waals surface area (Å²) in [6.45, 7) is 1.37. The zero-order valence-electron chi connectivity index (χ0n) is 13.4. The van der Waals surface area contributed by atoms with E-state index in [2.05, 4.69) is 4.98 Å². The maximum Gasteiger partial charge on any atom is 0.307 e. The maximum atomic E-state index is 12.1. The van der Waals surface area contributed by atoms with Crippen LogP contribution in [0.2, 0.25) is 5.02 Å². The maximum absolute atomic E-state index is 12.1. The van der Waals surface area contributed by atoms with E-state index in [-0.39, 0.29) is 6.42 Å². The first-order valence-corrected chi connectivity index (χ1v) is 9.62. The molecular weight excluding hydrogens is 380 g/mol. The lowest BCUT2D eigenvalue weighted by Gasteiger charge is -2.07. The summed E-state index contributed by atoms with van der Waals surface area (Å²) >= 11 is 8.55. The second kappa shape index (κ2) is 9.56. The van der Waals surface area contributed by atoms with Gasteiger partial charge in [0.15, 0.2) is 18.3 Å². The van der Waals surface area contributed by atoms with E-state index in [1.165, 1.54) is 23.1 Å². The second-order valence-electron chi connectivity index (χ2n) is 5.07. The molecule has 8 heteroatoms. The number of ketones is 1. The van der Waals surface area contributed by atoms with E-state index >= 15 is 0 Å². The molecule has 0 amide bonds. The Morgan fingerprint density at radius 2 is 2.12 bits per heavy atom. The molecular formula is C17H15ClN2O3S2. The number of aromatic nitrogens is 1. The van der Waals surface area contributed by atoms with Gasteiger partial charge in [-0.05, 0) is 31.2 Å². The Balaban J connectivity index is 1.74. The average molecular weight is 395 g/mol. The number of carbonyl (C=O) groups is 2. The molecule has 0 saturated carbocycles. The van der Waals surface area contributed by atoms with Crippen molar-refractivity contribution in [1.29, 1.82) is 5.26 Å². The molecule has 2 aromatic rings. The molecule has 1 aromatic carbocycles. The number of halogens is 1. The van der Waals surface area contributed by atoms with E-state index in [0.29, 0.717) is 15.8 Å². The van der Waals surface area contributed by atoms with Crippen molar-refractivity contribution in [1.82, 2.24) is 4.98 Å². The van der Waals surface area contributed by atoms with Crippen LogP contribution in [0.4, 0.5) is 0 Å². The lowest BCUT2D eigenvalue weighted by atomic mass is 10.1. The molecule has 25 heavy (non-hydrogen) atoms. The van der Waals surface area contributed by atoms with Gasteiger partial charge < -0.3 is 4.74 Å². The first-order valence-electron chi connectivity index (χ1n) is 7.38. The summed E-state index contributed by atoms with van der Waals surface area (Å²) in [5.74, 6) is -1.39. The normalized spacial score (nSPS) is 11.6. The van der Waals surface area contributed by atoms with Gasteiger partial charge in [-0.25, -0.2) is 4.98 Å². The van der Waals surface area contributed by atoms with E-state index in [0.717, 1.165) is 10.6 Å². The van der Waals surface area contributed by atoms with Gasteiger partial charge in [-0.1, -0.05) is 11.6 Å². The molecule has 1 aromatic heterocycles. The quantitative estimate of drug-likeness (QED) is 0.497. The first-order chi connectivity index (χ1) is 12.0. The van der Waals surface area contributed by atoms with Crippen LogP contribution in [0.3, 0.4) is 0 Å². The fourth-order valence-electron chi connectivity index (χ4n) is 1.86. The van der Waals surface area contributed by atoms with Crippen molar-refractivity contribution in [2.45, 2.75) is 24.2 Å². The Morgan fingerprint density at radius 1 is 1.40 bits per heavy atom. The third kappa shape index (κ3) is 6.16. The monoisotopic (exact) mass is 394 g/mol. The van der Waals surface area contributed by atoms with Gasteiger partial charge in [-0.3, -0.25) is 9.59 Å². The molecule has 0 N–H and O–H groups in total. The molecule has 0 unspecified atom stereocenters. The summed E-state index contributed by atoms with van der Waals surface area (Å²) in [5.41, 5.74) is 0.754. The minimum absolute atomic E-state index is 0.175. The topological polar surface area (TPSA) is 80.0 Å². The molecule has 0 fully saturated rings. The van der Waals surface area contributed by atoms with Crippen molar-refractivity contribution < 1.29 is 14.3 Å². The lowest BCUT2D eigenvalue weighted by molar-refractivity contribution is -0.147. The molecule has 1 heterocycles. The van der Waals surface area contributed by atoms with Crippen LogP contribution in [-0.2, 0) is 14.3 Å². The van der Waals surface area contributed by atoms with E-state index < -0.39 is 24.3 Å². The first kappa shape index (κ1) is 19.4. The minimum Gasteiger partial charge on any atom is -0.458 e. The van der Waals surface area contributed by atoms with Crippen LogP contribution >= 0.6 is 34.7 Å². The summed E-state index contributed by atoms with van der Waals surface area (Å²) < 4.78 is 4.97. The molecule has 130 valence electrons. The largest absolute Gasteiger partial charge is 0.458 e. The zero-order valence-corrected chi connectivity index (χ0v) is 15.8. The summed E-state index contributed by atoms with van der Waals surface area (Å²) in [4.78, 5) is 28.9. The number of esters is 1. The van der Waals surface area contributed by atoms with Crippen LogP contribution in [0.1, 0.15) is 23.0 Å². The molecule has 0 aliphatic heterocycles. The predicted octanol–water partition coefficient (Wildman–Crippen LogP) is 4.01. The average Bonchev–Trinajstić information content (AvgIpc) is 3.01. The third-order valence-corrected chi connectivity index (χ3v) is 5.39. The molecule has 0 saturated heterocycles. The number of hydrogen-bond donors (Lipinski definition) is 0. The predicted molar refractivity (Wildman–Crippen MR) is 98.0 cm³/mol. The fraction of sp³-hybridized carbons (Fsp3) is 0.294. The number of aryl methyl sites for hydroxylation is 1. The van der Waals surface area contributed by atoms with Crippen molar-refractivity contribution in [2.75, 3.05) is 12.4 Å². The Hall–Kier alpha value is -1.88. The van der Waals surface area contributed by atoms with Crippen LogP contribution < -0.4 is 0 Å². The van der Waals surface area contributed by atoms with Gasteiger partial charge in [0.25, 0.3) is 0 Å². The number of ether oxygens (including phenoxy) is 1. The van der Waals surface area contributed by atoms with Crippen molar-refractivity contribution in [2.24, 2.45) is 0 Å². The van der Waals surface area contributed by atoms with Gasteiger partial charge in [0.1, 0.15) is 5.01 Å². The van der Waals surface area contributed by atoms with Crippen molar-refractivity contribution >= 4 is 46.5 Å². The number of thioether (sulfide) groups is 1. The Morgan fingerprint density at radius 3 is 2.72 bits per heavy atom. The Labute approximate surface area is 159 Å². The summed E-state index contributed by atoms with van der Waals surface area (Å²) in [6.07, 6.45) is 0.175. The number of carbonyl (C=O) groups excluding carboxylic acids is 2.